The van der Waals surface area contributed by atoms with Crippen LogP contribution in [0.2, 0.25) is 0 Å². The standard InChI is InChI=1S/C16H25NO/c1-4-5-6-8-13(2)17-14(3)16-10-7-9-15(11-16)12-18/h4,7,9-11,13-14,17-18H,1,5-6,8,12H2,2-3H3. The first-order valence-electron chi connectivity index (χ1n) is 6.74. The summed E-state index contributed by atoms with van der Waals surface area (Å²) in [5.41, 5.74) is 2.21. The van der Waals surface area contributed by atoms with E-state index in [1.807, 2.05) is 18.2 Å². The molecule has 2 heteroatoms. The van der Waals surface area contributed by atoms with Crippen LogP contribution in [0.15, 0.2) is 36.9 Å². The molecule has 0 heterocycles. The minimum Gasteiger partial charge on any atom is -0.392 e. The van der Waals surface area contributed by atoms with E-state index in [2.05, 4.69) is 37.9 Å². The fourth-order valence-corrected chi connectivity index (χ4v) is 2.14. The predicted molar refractivity (Wildman–Crippen MR) is 77.4 cm³/mol. The second kappa shape index (κ2) is 8.06. The van der Waals surface area contributed by atoms with Crippen LogP contribution in [0.4, 0.5) is 0 Å². The summed E-state index contributed by atoms with van der Waals surface area (Å²) in [6, 6.07) is 8.93. The Morgan fingerprint density at radius 2 is 2.17 bits per heavy atom. The van der Waals surface area contributed by atoms with Gasteiger partial charge in [-0.1, -0.05) is 30.3 Å². The molecule has 0 saturated carbocycles. The van der Waals surface area contributed by atoms with Crippen molar-refractivity contribution in [3.8, 4) is 0 Å². The Labute approximate surface area is 111 Å². The van der Waals surface area contributed by atoms with Crippen molar-refractivity contribution in [2.24, 2.45) is 0 Å². The van der Waals surface area contributed by atoms with Crippen LogP contribution in [-0.4, -0.2) is 11.1 Å². The lowest BCUT2D eigenvalue weighted by molar-refractivity contribution is 0.281. The third kappa shape index (κ3) is 5.03. The number of aliphatic hydroxyl groups is 1. The van der Waals surface area contributed by atoms with Gasteiger partial charge in [-0.15, -0.1) is 6.58 Å². The molecule has 2 N–H and O–H groups in total. The molecule has 1 aromatic carbocycles. The van der Waals surface area contributed by atoms with E-state index < -0.39 is 0 Å². The van der Waals surface area contributed by atoms with Gasteiger partial charge in [-0.2, -0.15) is 0 Å². The van der Waals surface area contributed by atoms with Crippen molar-refractivity contribution in [3.05, 3.63) is 48.0 Å². The maximum Gasteiger partial charge on any atom is 0.0681 e. The molecule has 100 valence electrons. The first-order chi connectivity index (χ1) is 8.67. The van der Waals surface area contributed by atoms with E-state index in [0.29, 0.717) is 12.1 Å². The Balaban J connectivity index is 2.47. The largest absolute Gasteiger partial charge is 0.392 e. The quantitative estimate of drug-likeness (QED) is 0.543. The molecule has 1 rings (SSSR count). The van der Waals surface area contributed by atoms with Crippen molar-refractivity contribution < 1.29 is 5.11 Å². The molecule has 0 saturated heterocycles. The molecule has 0 amide bonds. The molecule has 0 aliphatic heterocycles. The van der Waals surface area contributed by atoms with Crippen LogP contribution in [0.5, 0.6) is 0 Å². The van der Waals surface area contributed by atoms with Crippen molar-refractivity contribution >= 4 is 0 Å². The van der Waals surface area contributed by atoms with Gasteiger partial charge in [0, 0.05) is 12.1 Å². The van der Waals surface area contributed by atoms with Crippen LogP contribution in [0.3, 0.4) is 0 Å². The molecule has 0 aromatic heterocycles. The number of rotatable bonds is 8. The second-order valence-electron chi connectivity index (χ2n) is 4.91. The van der Waals surface area contributed by atoms with Gasteiger partial charge in [0.15, 0.2) is 0 Å². The Kier molecular flexibility index (Phi) is 6.69. The van der Waals surface area contributed by atoms with Gasteiger partial charge >= 0.3 is 0 Å². The molecule has 0 spiro atoms. The fourth-order valence-electron chi connectivity index (χ4n) is 2.14. The molecule has 2 unspecified atom stereocenters. The Morgan fingerprint density at radius 1 is 1.39 bits per heavy atom. The maximum atomic E-state index is 9.14. The lowest BCUT2D eigenvalue weighted by Gasteiger charge is -2.20. The lowest BCUT2D eigenvalue weighted by Crippen LogP contribution is -2.28. The van der Waals surface area contributed by atoms with Gasteiger partial charge in [-0.25, -0.2) is 0 Å². The van der Waals surface area contributed by atoms with Crippen molar-refractivity contribution in [1.29, 1.82) is 0 Å². The van der Waals surface area contributed by atoms with Gasteiger partial charge in [-0.3, -0.25) is 0 Å². The van der Waals surface area contributed by atoms with Gasteiger partial charge < -0.3 is 10.4 Å². The highest BCUT2D eigenvalue weighted by Crippen LogP contribution is 2.16. The zero-order valence-electron chi connectivity index (χ0n) is 11.5. The van der Waals surface area contributed by atoms with Crippen molar-refractivity contribution in [2.45, 2.75) is 51.8 Å². The average Bonchev–Trinajstić information content (AvgIpc) is 2.39. The van der Waals surface area contributed by atoms with E-state index in [1.54, 1.807) is 0 Å². The third-order valence-electron chi connectivity index (χ3n) is 3.21. The van der Waals surface area contributed by atoms with Crippen molar-refractivity contribution in [2.75, 3.05) is 0 Å². The molecule has 18 heavy (non-hydrogen) atoms. The molecular formula is C16H25NO. The zero-order chi connectivity index (χ0) is 13.4. The van der Waals surface area contributed by atoms with Gasteiger partial charge in [0.05, 0.1) is 6.61 Å². The summed E-state index contributed by atoms with van der Waals surface area (Å²) < 4.78 is 0. The Bertz CT molecular complexity index is 362. The SMILES string of the molecule is C=CCCCC(C)NC(C)c1cccc(CO)c1. The number of unbranched alkanes of at least 4 members (excludes halogenated alkanes) is 1. The lowest BCUT2D eigenvalue weighted by atomic mass is 10.0. The van der Waals surface area contributed by atoms with Crippen LogP contribution >= 0.6 is 0 Å². The van der Waals surface area contributed by atoms with Gasteiger partial charge in [0.1, 0.15) is 0 Å². The minimum atomic E-state index is 0.107. The van der Waals surface area contributed by atoms with Gasteiger partial charge in [-0.05, 0) is 44.2 Å². The molecule has 0 radical (unpaired) electrons. The monoisotopic (exact) mass is 247 g/mol. The molecule has 0 aliphatic carbocycles. The summed E-state index contributed by atoms with van der Waals surface area (Å²) in [4.78, 5) is 0. The number of hydrogen-bond acceptors (Lipinski definition) is 2. The van der Waals surface area contributed by atoms with E-state index >= 15 is 0 Å². The molecule has 0 aliphatic rings. The maximum absolute atomic E-state index is 9.14. The third-order valence-corrected chi connectivity index (χ3v) is 3.21. The normalized spacial score (nSPS) is 14.2. The highest BCUT2D eigenvalue weighted by atomic mass is 16.3. The highest BCUT2D eigenvalue weighted by molar-refractivity contribution is 5.25. The van der Waals surface area contributed by atoms with Crippen molar-refractivity contribution in [3.63, 3.8) is 0 Å². The Hall–Kier alpha value is -1.12. The van der Waals surface area contributed by atoms with Gasteiger partial charge in [0.25, 0.3) is 0 Å². The fraction of sp³-hybridized carbons (Fsp3) is 0.500. The number of aliphatic hydroxyl groups excluding tert-OH is 1. The van der Waals surface area contributed by atoms with Gasteiger partial charge in [0.2, 0.25) is 0 Å². The van der Waals surface area contributed by atoms with Crippen LogP contribution < -0.4 is 5.32 Å². The van der Waals surface area contributed by atoms with E-state index in [1.165, 1.54) is 12.0 Å². The number of nitrogens with one attached hydrogen (secondary N) is 1. The number of hydrogen-bond donors (Lipinski definition) is 2. The van der Waals surface area contributed by atoms with Crippen LogP contribution in [0, 0.1) is 0 Å². The smallest absolute Gasteiger partial charge is 0.0681 e. The first-order valence-corrected chi connectivity index (χ1v) is 6.74. The predicted octanol–water partition coefficient (Wildman–Crippen LogP) is 3.57. The molecule has 2 atom stereocenters. The summed E-state index contributed by atoms with van der Waals surface area (Å²) in [6.45, 7) is 8.23. The topological polar surface area (TPSA) is 32.3 Å². The Morgan fingerprint density at radius 3 is 2.83 bits per heavy atom. The average molecular weight is 247 g/mol. The molecule has 0 fully saturated rings. The van der Waals surface area contributed by atoms with Crippen LogP contribution in [-0.2, 0) is 6.61 Å². The molecule has 1 aromatic rings. The summed E-state index contributed by atoms with van der Waals surface area (Å²) in [5.74, 6) is 0. The van der Waals surface area contributed by atoms with Crippen LogP contribution in [0.25, 0.3) is 0 Å². The minimum absolute atomic E-state index is 0.107. The second-order valence-corrected chi connectivity index (χ2v) is 4.91. The summed E-state index contributed by atoms with van der Waals surface area (Å²) in [5, 5.41) is 12.7. The molecular weight excluding hydrogens is 222 g/mol. The van der Waals surface area contributed by atoms with E-state index in [-0.39, 0.29) is 6.61 Å². The molecule has 2 nitrogen and oxygen atoms in total. The number of allylic oxidation sites excluding steroid dienone is 1. The summed E-state index contributed by atoms with van der Waals surface area (Å²) in [6.07, 6.45) is 5.40. The summed E-state index contributed by atoms with van der Waals surface area (Å²) >= 11 is 0. The number of benzene rings is 1. The zero-order valence-corrected chi connectivity index (χ0v) is 11.5. The van der Waals surface area contributed by atoms with E-state index in [0.717, 1.165) is 18.4 Å². The van der Waals surface area contributed by atoms with E-state index in [9.17, 15) is 0 Å². The molecule has 0 bridgehead atoms. The highest BCUT2D eigenvalue weighted by Gasteiger charge is 2.09. The first kappa shape index (κ1) is 14.9. The summed E-state index contributed by atoms with van der Waals surface area (Å²) in [7, 11) is 0. The van der Waals surface area contributed by atoms with Crippen LogP contribution in [0.1, 0.15) is 50.3 Å². The van der Waals surface area contributed by atoms with E-state index in [4.69, 9.17) is 5.11 Å². The van der Waals surface area contributed by atoms with Crippen molar-refractivity contribution in [1.82, 2.24) is 5.32 Å².